The Bertz CT molecular complexity index is 143. The van der Waals surface area contributed by atoms with Crippen molar-refractivity contribution in [3.8, 4) is 0 Å². The van der Waals surface area contributed by atoms with Crippen LogP contribution >= 0.6 is 0 Å². The third kappa shape index (κ3) is 1.75. The number of rotatable bonds is 3. The Morgan fingerprint density at radius 2 is 1.92 bits per heavy atom. The zero-order chi connectivity index (χ0) is 9.14. The standard InChI is InChI=1S/C7H15NO4/c9-2-1-8-3-6(11)7(12)5(8)4-10/h5-7,9-12H,1-4H2/t5-,6+,7-/m0/s1. The van der Waals surface area contributed by atoms with E-state index in [0.717, 1.165) is 0 Å². The van der Waals surface area contributed by atoms with Gasteiger partial charge in [0.25, 0.3) is 0 Å². The topological polar surface area (TPSA) is 84.2 Å². The Labute approximate surface area is 70.9 Å². The first-order chi connectivity index (χ1) is 5.70. The molecule has 1 rings (SSSR count). The lowest BCUT2D eigenvalue weighted by molar-refractivity contribution is 0.0204. The summed E-state index contributed by atoms with van der Waals surface area (Å²) in [7, 11) is 0. The van der Waals surface area contributed by atoms with E-state index in [-0.39, 0.29) is 13.2 Å². The van der Waals surface area contributed by atoms with Gasteiger partial charge in [0.2, 0.25) is 0 Å². The first-order valence-corrected chi connectivity index (χ1v) is 4.02. The van der Waals surface area contributed by atoms with Gasteiger partial charge in [0, 0.05) is 13.1 Å². The maximum atomic E-state index is 9.32. The highest BCUT2D eigenvalue weighted by atomic mass is 16.3. The number of β-amino-alcohol motifs (C(OH)–C–C–N with tert-alkyl or cyclic N) is 2. The fraction of sp³-hybridized carbons (Fsp3) is 1.00. The smallest absolute Gasteiger partial charge is 0.0988 e. The summed E-state index contributed by atoms with van der Waals surface area (Å²) in [6, 6.07) is -0.438. The maximum Gasteiger partial charge on any atom is 0.0988 e. The molecule has 4 N–H and O–H groups in total. The third-order valence-corrected chi connectivity index (χ3v) is 2.25. The molecule has 0 unspecified atom stereocenters. The molecule has 0 aliphatic carbocycles. The van der Waals surface area contributed by atoms with Gasteiger partial charge >= 0.3 is 0 Å². The molecule has 0 amide bonds. The number of likely N-dealkylation sites (tertiary alicyclic amines) is 1. The van der Waals surface area contributed by atoms with E-state index >= 15 is 0 Å². The van der Waals surface area contributed by atoms with E-state index in [2.05, 4.69) is 0 Å². The molecule has 1 saturated heterocycles. The molecule has 3 atom stereocenters. The van der Waals surface area contributed by atoms with Crippen molar-refractivity contribution in [3.05, 3.63) is 0 Å². The molecular weight excluding hydrogens is 162 g/mol. The second-order valence-electron chi connectivity index (χ2n) is 3.03. The van der Waals surface area contributed by atoms with Gasteiger partial charge in [-0.3, -0.25) is 4.90 Å². The Morgan fingerprint density at radius 1 is 1.25 bits per heavy atom. The second kappa shape index (κ2) is 4.15. The molecule has 12 heavy (non-hydrogen) atoms. The monoisotopic (exact) mass is 177 g/mol. The van der Waals surface area contributed by atoms with Crippen molar-refractivity contribution in [2.75, 3.05) is 26.3 Å². The number of nitrogens with zero attached hydrogens (tertiary/aromatic N) is 1. The molecular formula is C7H15NO4. The molecule has 0 radical (unpaired) electrons. The minimum atomic E-state index is -0.901. The van der Waals surface area contributed by atoms with Gasteiger partial charge in [-0.05, 0) is 0 Å². The minimum absolute atomic E-state index is 0.0318. The van der Waals surface area contributed by atoms with Crippen molar-refractivity contribution in [1.29, 1.82) is 0 Å². The van der Waals surface area contributed by atoms with Crippen molar-refractivity contribution in [1.82, 2.24) is 4.90 Å². The minimum Gasteiger partial charge on any atom is -0.395 e. The van der Waals surface area contributed by atoms with Crippen LogP contribution in [0, 0.1) is 0 Å². The zero-order valence-corrected chi connectivity index (χ0v) is 6.80. The molecule has 0 bridgehead atoms. The maximum absolute atomic E-state index is 9.32. The number of hydrogen-bond donors (Lipinski definition) is 4. The van der Waals surface area contributed by atoms with E-state index in [1.54, 1.807) is 4.90 Å². The van der Waals surface area contributed by atoms with E-state index in [4.69, 9.17) is 10.2 Å². The lowest BCUT2D eigenvalue weighted by Crippen LogP contribution is -2.40. The number of aliphatic hydroxyl groups is 4. The Morgan fingerprint density at radius 3 is 2.42 bits per heavy atom. The van der Waals surface area contributed by atoms with Crippen LogP contribution in [0.5, 0.6) is 0 Å². The average molecular weight is 177 g/mol. The summed E-state index contributed by atoms with van der Waals surface area (Å²) in [6.45, 7) is 0.459. The average Bonchev–Trinajstić information content (AvgIpc) is 2.29. The van der Waals surface area contributed by atoms with Crippen LogP contribution in [0.15, 0.2) is 0 Å². The molecule has 72 valence electrons. The molecule has 1 heterocycles. The second-order valence-corrected chi connectivity index (χ2v) is 3.03. The summed E-state index contributed by atoms with van der Waals surface area (Å²) in [4.78, 5) is 1.68. The third-order valence-electron chi connectivity index (χ3n) is 2.25. The van der Waals surface area contributed by atoms with Crippen LogP contribution in [0.25, 0.3) is 0 Å². The van der Waals surface area contributed by atoms with Gasteiger partial charge in [-0.25, -0.2) is 0 Å². The Balaban J connectivity index is 2.52. The lowest BCUT2D eigenvalue weighted by Gasteiger charge is -2.22. The molecule has 0 aromatic carbocycles. The van der Waals surface area contributed by atoms with Crippen molar-refractivity contribution in [2.24, 2.45) is 0 Å². The van der Waals surface area contributed by atoms with Crippen LogP contribution in [-0.4, -0.2) is 69.9 Å². The van der Waals surface area contributed by atoms with Crippen molar-refractivity contribution in [3.63, 3.8) is 0 Å². The molecule has 0 aromatic rings. The van der Waals surface area contributed by atoms with E-state index in [9.17, 15) is 10.2 Å². The quantitative estimate of drug-likeness (QED) is 0.379. The van der Waals surface area contributed by atoms with Crippen molar-refractivity contribution >= 4 is 0 Å². The summed E-state index contributed by atoms with van der Waals surface area (Å²) in [5, 5.41) is 36.0. The number of hydrogen-bond acceptors (Lipinski definition) is 5. The fourth-order valence-corrected chi connectivity index (χ4v) is 1.57. The molecule has 5 heteroatoms. The van der Waals surface area contributed by atoms with Gasteiger partial charge in [0.05, 0.1) is 31.5 Å². The molecule has 0 spiro atoms. The molecule has 0 aromatic heterocycles. The molecule has 1 aliphatic rings. The normalized spacial score (nSPS) is 37.5. The van der Waals surface area contributed by atoms with Crippen LogP contribution < -0.4 is 0 Å². The van der Waals surface area contributed by atoms with Crippen molar-refractivity contribution in [2.45, 2.75) is 18.2 Å². The van der Waals surface area contributed by atoms with Gasteiger partial charge in [-0.15, -0.1) is 0 Å². The largest absolute Gasteiger partial charge is 0.395 e. The van der Waals surface area contributed by atoms with Gasteiger partial charge < -0.3 is 20.4 Å². The molecule has 5 nitrogen and oxygen atoms in total. The van der Waals surface area contributed by atoms with E-state index < -0.39 is 18.2 Å². The predicted octanol–water partition coefficient (Wildman–Crippen LogP) is -2.62. The fourth-order valence-electron chi connectivity index (χ4n) is 1.57. The van der Waals surface area contributed by atoms with Gasteiger partial charge in [-0.2, -0.15) is 0 Å². The zero-order valence-electron chi connectivity index (χ0n) is 6.80. The van der Waals surface area contributed by atoms with Crippen molar-refractivity contribution < 1.29 is 20.4 Å². The van der Waals surface area contributed by atoms with E-state index in [1.807, 2.05) is 0 Å². The molecule has 0 saturated carbocycles. The van der Waals surface area contributed by atoms with Crippen LogP contribution in [0.4, 0.5) is 0 Å². The van der Waals surface area contributed by atoms with Gasteiger partial charge in [0.1, 0.15) is 0 Å². The van der Waals surface area contributed by atoms with Gasteiger partial charge in [0.15, 0.2) is 0 Å². The summed E-state index contributed by atoms with van der Waals surface area (Å²) >= 11 is 0. The summed E-state index contributed by atoms with van der Waals surface area (Å²) < 4.78 is 0. The first kappa shape index (κ1) is 9.88. The Kier molecular flexibility index (Phi) is 3.42. The number of aliphatic hydroxyl groups excluding tert-OH is 4. The summed E-state index contributed by atoms with van der Waals surface area (Å²) in [5.74, 6) is 0. The van der Waals surface area contributed by atoms with E-state index in [0.29, 0.717) is 13.1 Å². The lowest BCUT2D eigenvalue weighted by atomic mass is 10.1. The highest BCUT2D eigenvalue weighted by molar-refractivity contribution is 4.92. The highest BCUT2D eigenvalue weighted by Gasteiger charge is 2.38. The van der Waals surface area contributed by atoms with Crippen LogP contribution in [-0.2, 0) is 0 Å². The molecule has 1 aliphatic heterocycles. The SMILES string of the molecule is OCCN1C[C@@H](O)[C@@H](O)[C@@H]1CO. The van der Waals surface area contributed by atoms with Gasteiger partial charge in [-0.1, -0.05) is 0 Å². The first-order valence-electron chi connectivity index (χ1n) is 4.02. The summed E-state index contributed by atoms with van der Waals surface area (Å²) in [6.07, 6.45) is -1.71. The highest BCUT2D eigenvalue weighted by Crippen LogP contribution is 2.17. The Hall–Kier alpha value is -0.200. The van der Waals surface area contributed by atoms with Crippen LogP contribution in [0.1, 0.15) is 0 Å². The molecule has 1 fully saturated rings. The van der Waals surface area contributed by atoms with Crippen LogP contribution in [0.2, 0.25) is 0 Å². The van der Waals surface area contributed by atoms with Crippen LogP contribution in [0.3, 0.4) is 0 Å². The predicted molar refractivity (Wildman–Crippen MR) is 41.5 cm³/mol. The van der Waals surface area contributed by atoms with E-state index in [1.165, 1.54) is 0 Å². The summed E-state index contributed by atoms with van der Waals surface area (Å²) in [5.41, 5.74) is 0.